The van der Waals surface area contributed by atoms with Crippen LogP contribution < -0.4 is 5.73 Å². The zero-order valence-electron chi connectivity index (χ0n) is 11.4. The van der Waals surface area contributed by atoms with Crippen molar-refractivity contribution in [1.29, 1.82) is 0 Å². The molecular weight excluding hydrogens is 292 g/mol. The van der Waals surface area contributed by atoms with Crippen molar-refractivity contribution < 1.29 is 4.79 Å². The maximum Gasteiger partial charge on any atom is 0.266 e. The molecule has 1 aliphatic rings. The highest BCUT2D eigenvalue weighted by Gasteiger charge is 2.34. The van der Waals surface area contributed by atoms with Gasteiger partial charge in [0.1, 0.15) is 4.88 Å². The number of benzene rings is 1. The Hall–Kier alpha value is -1.26. The van der Waals surface area contributed by atoms with Crippen LogP contribution in [0, 0.1) is 0 Å². The summed E-state index contributed by atoms with van der Waals surface area (Å²) in [5.74, 6) is 0.0733. The smallest absolute Gasteiger partial charge is 0.266 e. The SMILES string of the molecule is CCCN(C(=O)c1sc2cc(Cl)ccc2c1N)C1CC1. The number of carbonyl (C=O) groups excluding carboxylic acids is 1. The topological polar surface area (TPSA) is 46.3 Å². The van der Waals surface area contributed by atoms with E-state index < -0.39 is 0 Å². The number of hydrogen-bond donors (Lipinski definition) is 1. The van der Waals surface area contributed by atoms with Gasteiger partial charge in [0.2, 0.25) is 0 Å². The van der Waals surface area contributed by atoms with Gasteiger partial charge >= 0.3 is 0 Å². The van der Waals surface area contributed by atoms with Gasteiger partial charge in [-0.05, 0) is 37.5 Å². The van der Waals surface area contributed by atoms with Crippen molar-refractivity contribution in [3.05, 3.63) is 28.1 Å². The molecule has 0 spiro atoms. The van der Waals surface area contributed by atoms with Crippen LogP contribution in [0.25, 0.3) is 10.1 Å². The molecule has 2 N–H and O–H groups in total. The number of thiophene rings is 1. The van der Waals surface area contributed by atoms with E-state index >= 15 is 0 Å². The van der Waals surface area contributed by atoms with E-state index in [0.29, 0.717) is 21.6 Å². The molecule has 0 atom stereocenters. The lowest BCUT2D eigenvalue weighted by atomic mass is 10.2. The first-order chi connectivity index (χ1) is 9.61. The third-order valence-electron chi connectivity index (χ3n) is 3.60. The van der Waals surface area contributed by atoms with E-state index in [2.05, 4.69) is 6.92 Å². The summed E-state index contributed by atoms with van der Waals surface area (Å²) >= 11 is 7.45. The molecule has 1 fully saturated rings. The Kier molecular flexibility index (Phi) is 3.61. The Labute approximate surface area is 127 Å². The Morgan fingerprint density at radius 1 is 1.50 bits per heavy atom. The van der Waals surface area contributed by atoms with Gasteiger partial charge in [-0.15, -0.1) is 11.3 Å². The van der Waals surface area contributed by atoms with E-state index in [9.17, 15) is 4.79 Å². The highest BCUT2D eigenvalue weighted by Crippen LogP contribution is 2.37. The van der Waals surface area contributed by atoms with Crippen molar-refractivity contribution in [2.45, 2.75) is 32.2 Å². The van der Waals surface area contributed by atoms with Crippen LogP contribution >= 0.6 is 22.9 Å². The molecule has 3 rings (SSSR count). The van der Waals surface area contributed by atoms with Gasteiger partial charge in [-0.3, -0.25) is 4.79 Å². The van der Waals surface area contributed by atoms with E-state index in [1.54, 1.807) is 0 Å². The van der Waals surface area contributed by atoms with E-state index in [1.165, 1.54) is 11.3 Å². The summed E-state index contributed by atoms with van der Waals surface area (Å²) < 4.78 is 0.977. The predicted octanol–water partition coefficient (Wildman–Crippen LogP) is 4.15. The van der Waals surface area contributed by atoms with Crippen molar-refractivity contribution in [2.24, 2.45) is 0 Å². The maximum atomic E-state index is 12.7. The van der Waals surface area contributed by atoms with Gasteiger partial charge < -0.3 is 10.6 Å². The number of halogens is 1. The van der Waals surface area contributed by atoms with Crippen LogP contribution in [0.4, 0.5) is 5.69 Å². The van der Waals surface area contributed by atoms with Crippen molar-refractivity contribution in [2.75, 3.05) is 12.3 Å². The highest BCUT2D eigenvalue weighted by atomic mass is 35.5. The molecule has 1 amide bonds. The van der Waals surface area contributed by atoms with Crippen LogP contribution in [0.5, 0.6) is 0 Å². The number of carbonyl (C=O) groups is 1. The number of hydrogen-bond acceptors (Lipinski definition) is 3. The lowest BCUT2D eigenvalue weighted by Gasteiger charge is -2.21. The van der Waals surface area contributed by atoms with Gasteiger partial charge in [0.15, 0.2) is 0 Å². The first-order valence-corrected chi connectivity index (χ1v) is 8.09. The standard InChI is InChI=1S/C15H17ClN2OS/c1-2-7-18(10-4-5-10)15(19)14-13(17)11-6-3-9(16)8-12(11)20-14/h3,6,8,10H,2,4-5,7,17H2,1H3. The Morgan fingerprint density at radius 2 is 2.25 bits per heavy atom. The van der Waals surface area contributed by atoms with Crippen molar-refractivity contribution in [3.8, 4) is 0 Å². The molecule has 1 heterocycles. The zero-order valence-corrected chi connectivity index (χ0v) is 12.9. The number of rotatable bonds is 4. The average molecular weight is 309 g/mol. The van der Waals surface area contributed by atoms with Crippen LogP contribution in [0.15, 0.2) is 18.2 Å². The van der Waals surface area contributed by atoms with Crippen LogP contribution in [0.2, 0.25) is 5.02 Å². The molecule has 5 heteroatoms. The second kappa shape index (κ2) is 5.26. The van der Waals surface area contributed by atoms with Gasteiger partial charge in [-0.1, -0.05) is 18.5 Å². The molecule has 106 valence electrons. The summed E-state index contributed by atoms with van der Waals surface area (Å²) in [6, 6.07) is 5.99. The lowest BCUT2D eigenvalue weighted by Crippen LogP contribution is -2.33. The maximum absolute atomic E-state index is 12.7. The quantitative estimate of drug-likeness (QED) is 0.922. The molecule has 0 unspecified atom stereocenters. The minimum Gasteiger partial charge on any atom is -0.397 e. The van der Waals surface area contributed by atoms with Gasteiger partial charge in [0, 0.05) is 27.7 Å². The molecule has 2 aromatic rings. The fourth-order valence-electron chi connectivity index (χ4n) is 2.46. The molecule has 1 aromatic heterocycles. The third kappa shape index (κ3) is 2.38. The van der Waals surface area contributed by atoms with Gasteiger partial charge in [-0.2, -0.15) is 0 Å². The fraction of sp³-hybridized carbons (Fsp3) is 0.400. The molecule has 1 saturated carbocycles. The monoisotopic (exact) mass is 308 g/mol. The fourth-order valence-corrected chi connectivity index (χ4v) is 3.81. The molecule has 20 heavy (non-hydrogen) atoms. The second-order valence-corrected chi connectivity index (χ2v) is 6.70. The molecule has 0 bridgehead atoms. The third-order valence-corrected chi connectivity index (χ3v) is 4.99. The van der Waals surface area contributed by atoms with Crippen molar-refractivity contribution >= 4 is 44.6 Å². The Morgan fingerprint density at radius 3 is 2.90 bits per heavy atom. The Balaban J connectivity index is 2.00. The number of amides is 1. The van der Waals surface area contributed by atoms with Crippen LogP contribution in [0.1, 0.15) is 35.9 Å². The zero-order chi connectivity index (χ0) is 14.3. The first kappa shape index (κ1) is 13.7. The molecular formula is C15H17ClN2OS. The number of nitrogens with zero attached hydrogens (tertiary/aromatic N) is 1. The number of anilines is 1. The normalized spacial score (nSPS) is 14.7. The summed E-state index contributed by atoms with van der Waals surface area (Å²) in [6.07, 6.45) is 3.20. The Bertz CT molecular complexity index is 663. The first-order valence-electron chi connectivity index (χ1n) is 6.90. The summed E-state index contributed by atoms with van der Waals surface area (Å²) in [4.78, 5) is 15.3. The average Bonchev–Trinajstić information content (AvgIpc) is 3.20. The molecule has 0 radical (unpaired) electrons. The molecule has 0 aliphatic heterocycles. The van der Waals surface area contributed by atoms with Crippen LogP contribution in [0.3, 0.4) is 0 Å². The summed E-state index contributed by atoms with van der Waals surface area (Å²) in [6.45, 7) is 2.90. The van der Waals surface area contributed by atoms with Crippen molar-refractivity contribution in [3.63, 3.8) is 0 Å². The van der Waals surface area contributed by atoms with E-state index in [-0.39, 0.29) is 5.91 Å². The van der Waals surface area contributed by atoms with Gasteiger partial charge in [-0.25, -0.2) is 0 Å². The molecule has 1 aromatic carbocycles. The van der Waals surface area contributed by atoms with Crippen LogP contribution in [-0.2, 0) is 0 Å². The second-order valence-electron chi connectivity index (χ2n) is 5.22. The predicted molar refractivity (Wildman–Crippen MR) is 85.6 cm³/mol. The highest BCUT2D eigenvalue weighted by molar-refractivity contribution is 7.21. The largest absolute Gasteiger partial charge is 0.397 e. The molecule has 0 saturated heterocycles. The minimum atomic E-state index is 0.0733. The number of nitrogen functional groups attached to an aromatic ring is 1. The van der Waals surface area contributed by atoms with E-state index in [1.807, 2.05) is 23.1 Å². The number of nitrogens with two attached hydrogens (primary N) is 1. The molecule has 3 nitrogen and oxygen atoms in total. The minimum absolute atomic E-state index is 0.0733. The van der Waals surface area contributed by atoms with E-state index in [0.717, 1.165) is 35.9 Å². The molecule has 1 aliphatic carbocycles. The number of fused-ring (bicyclic) bond motifs is 1. The lowest BCUT2D eigenvalue weighted by molar-refractivity contribution is 0.0749. The van der Waals surface area contributed by atoms with E-state index in [4.69, 9.17) is 17.3 Å². The summed E-state index contributed by atoms with van der Waals surface area (Å²) in [5, 5.41) is 1.60. The van der Waals surface area contributed by atoms with Gasteiger partial charge in [0.25, 0.3) is 5.91 Å². The van der Waals surface area contributed by atoms with Crippen molar-refractivity contribution in [1.82, 2.24) is 4.90 Å². The van der Waals surface area contributed by atoms with Gasteiger partial charge in [0.05, 0.1) is 5.69 Å². The summed E-state index contributed by atoms with van der Waals surface area (Å²) in [7, 11) is 0. The van der Waals surface area contributed by atoms with Crippen LogP contribution in [-0.4, -0.2) is 23.4 Å². The summed E-state index contributed by atoms with van der Waals surface area (Å²) in [5.41, 5.74) is 6.76.